The molecule has 0 saturated carbocycles. The molecule has 4 rings (SSSR count). The maximum atomic E-state index is 11.6. The Morgan fingerprint density at radius 3 is 2.71 bits per heavy atom. The number of fused-ring (bicyclic) bond motifs is 1. The van der Waals surface area contributed by atoms with Crippen molar-refractivity contribution in [2.24, 2.45) is 0 Å². The van der Waals surface area contributed by atoms with Gasteiger partial charge in [-0.15, -0.1) is 0 Å². The van der Waals surface area contributed by atoms with E-state index in [1.165, 1.54) is 10.6 Å². The molecule has 1 aromatic carbocycles. The van der Waals surface area contributed by atoms with E-state index < -0.39 is 10.0 Å². The van der Waals surface area contributed by atoms with E-state index in [1.807, 2.05) is 24.3 Å². The Balaban J connectivity index is 1.52. The van der Waals surface area contributed by atoms with Gasteiger partial charge in [0.25, 0.3) is 0 Å². The van der Waals surface area contributed by atoms with E-state index in [4.69, 9.17) is 4.74 Å². The first-order valence-corrected chi connectivity index (χ1v) is 10.9. The minimum Gasteiger partial charge on any atom is -0.496 e. The van der Waals surface area contributed by atoms with Crippen molar-refractivity contribution in [3.05, 3.63) is 30.5 Å². The molecule has 9 nitrogen and oxygen atoms in total. The van der Waals surface area contributed by atoms with Gasteiger partial charge < -0.3 is 10.1 Å². The Hall–Kier alpha value is -2.72. The van der Waals surface area contributed by atoms with E-state index in [9.17, 15) is 8.42 Å². The molecule has 148 valence electrons. The topological polar surface area (TPSA) is 113 Å². The molecule has 2 aromatic heterocycles. The molecule has 1 saturated heterocycles. The van der Waals surface area contributed by atoms with Crippen LogP contribution in [0.15, 0.2) is 30.5 Å². The number of hydrogen-bond donors (Lipinski definition) is 2. The molecule has 0 bridgehead atoms. The lowest BCUT2D eigenvalue weighted by molar-refractivity contribution is 0.331. The highest BCUT2D eigenvalue weighted by Gasteiger charge is 2.25. The fraction of sp³-hybridized carbons (Fsp3) is 0.389. The summed E-state index contributed by atoms with van der Waals surface area (Å²) in [5.41, 5.74) is 2.26. The van der Waals surface area contributed by atoms with Crippen molar-refractivity contribution in [3.63, 3.8) is 0 Å². The highest BCUT2D eigenvalue weighted by molar-refractivity contribution is 7.88. The second-order valence-corrected chi connectivity index (χ2v) is 8.79. The Bertz CT molecular complexity index is 1090. The van der Waals surface area contributed by atoms with E-state index >= 15 is 0 Å². The Labute approximate surface area is 163 Å². The molecule has 1 fully saturated rings. The molecule has 1 aliphatic heterocycles. The van der Waals surface area contributed by atoms with Gasteiger partial charge in [0, 0.05) is 30.9 Å². The van der Waals surface area contributed by atoms with Crippen molar-refractivity contribution in [3.8, 4) is 17.0 Å². The summed E-state index contributed by atoms with van der Waals surface area (Å²) < 4.78 is 30.2. The molecule has 0 aliphatic carbocycles. The lowest BCUT2D eigenvalue weighted by Crippen LogP contribution is -2.42. The fourth-order valence-electron chi connectivity index (χ4n) is 3.44. The lowest BCUT2D eigenvalue weighted by Gasteiger charge is -2.30. The molecule has 0 unspecified atom stereocenters. The van der Waals surface area contributed by atoms with Crippen molar-refractivity contribution in [2.45, 2.75) is 18.9 Å². The molecule has 0 radical (unpaired) electrons. The zero-order valence-electron chi connectivity index (χ0n) is 15.7. The van der Waals surface area contributed by atoms with Gasteiger partial charge in [-0.2, -0.15) is 10.1 Å². The van der Waals surface area contributed by atoms with Gasteiger partial charge in [-0.05, 0) is 25.0 Å². The van der Waals surface area contributed by atoms with Crippen molar-refractivity contribution in [2.75, 3.05) is 31.8 Å². The summed E-state index contributed by atoms with van der Waals surface area (Å²) in [6.07, 6.45) is 4.40. The number of nitrogens with one attached hydrogen (secondary N) is 2. The van der Waals surface area contributed by atoms with Gasteiger partial charge in [-0.1, -0.05) is 12.1 Å². The van der Waals surface area contributed by atoms with E-state index in [-0.39, 0.29) is 6.04 Å². The van der Waals surface area contributed by atoms with Crippen LogP contribution in [0.5, 0.6) is 5.75 Å². The van der Waals surface area contributed by atoms with Crippen LogP contribution in [0.2, 0.25) is 0 Å². The SMILES string of the molecule is COc1ccccc1-c1[nH]nc2nc(NC3CCN(S(C)(=O)=O)CC3)ncc12. The molecule has 10 heteroatoms. The Morgan fingerprint density at radius 2 is 2.00 bits per heavy atom. The lowest BCUT2D eigenvalue weighted by atomic mass is 10.1. The Morgan fingerprint density at radius 1 is 1.25 bits per heavy atom. The number of aromatic nitrogens is 4. The number of H-pyrrole nitrogens is 1. The molecule has 2 N–H and O–H groups in total. The summed E-state index contributed by atoms with van der Waals surface area (Å²) in [5.74, 6) is 1.23. The number of para-hydroxylation sites is 1. The van der Waals surface area contributed by atoms with E-state index in [2.05, 4.69) is 25.5 Å². The third kappa shape index (κ3) is 3.65. The van der Waals surface area contributed by atoms with Crippen LogP contribution in [-0.4, -0.2) is 65.4 Å². The number of ether oxygens (including phenoxy) is 1. The van der Waals surface area contributed by atoms with E-state index in [0.717, 1.165) is 22.4 Å². The van der Waals surface area contributed by atoms with E-state index in [0.29, 0.717) is 37.5 Å². The highest BCUT2D eigenvalue weighted by atomic mass is 32.2. The summed E-state index contributed by atoms with van der Waals surface area (Å²) in [6, 6.07) is 7.82. The molecule has 28 heavy (non-hydrogen) atoms. The summed E-state index contributed by atoms with van der Waals surface area (Å²) in [7, 11) is -1.50. The highest BCUT2D eigenvalue weighted by Crippen LogP contribution is 2.32. The van der Waals surface area contributed by atoms with Gasteiger partial charge in [-0.3, -0.25) is 5.10 Å². The second kappa shape index (κ2) is 7.36. The third-order valence-corrected chi connectivity index (χ3v) is 6.25. The first-order chi connectivity index (χ1) is 13.5. The molecular weight excluding hydrogens is 380 g/mol. The van der Waals surface area contributed by atoms with Crippen molar-refractivity contribution >= 4 is 27.0 Å². The van der Waals surface area contributed by atoms with Crippen molar-refractivity contribution in [1.82, 2.24) is 24.5 Å². The smallest absolute Gasteiger partial charge is 0.224 e. The predicted molar refractivity (Wildman–Crippen MR) is 107 cm³/mol. The molecule has 3 heterocycles. The normalized spacial score (nSPS) is 16.4. The molecular formula is C18H22N6O3S. The molecule has 0 atom stereocenters. The average Bonchev–Trinajstić information content (AvgIpc) is 3.10. The monoisotopic (exact) mass is 402 g/mol. The van der Waals surface area contributed by atoms with Crippen molar-refractivity contribution in [1.29, 1.82) is 0 Å². The zero-order chi connectivity index (χ0) is 19.7. The number of hydrogen-bond acceptors (Lipinski definition) is 7. The standard InChI is InChI=1S/C18H22N6O3S/c1-27-15-6-4-3-5-13(15)16-14-11-19-18(21-17(14)23-22-16)20-12-7-9-24(10-8-12)28(2,25)26/h3-6,11-12H,7-10H2,1-2H3,(H2,19,20,21,22,23). The number of aromatic amines is 1. The zero-order valence-corrected chi connectivity index (χ0v) is 16.5. The average molecular weight is 402 g/mol. The number of methoxy groups -OCH3 is 1. The number of rotatable bonds is 5. The summed E-state index contributed by atoms with van der Waals surface area (Å²) in [5, 5.41) is 11.4. The summed E-state index contributed by atoms with van der Waals surface area (Å²) >= 11 is 0. The van der Waals surface area contributed by atoms with Crippen LogP contribution < -0.4 is 10.1 Å². The molecule has 1 aliphatic rings. The van der Waals surface area contributed by atoms with Crippen molar-refractivity contribution < 1.29 is 13.2 Å². The number of piperidine rings is 1. The van der Waals surface area contributed by atoms with Crippen LogP contribution in [0.3, 0.4) is 0 Å². The number of sulfonamides is 1. The van der Waals surface area contributed by atoms with Gasteiger partial charge in [0.05, 0.1) is 24.4 Å². The van der Waals surface area contributed by atoms with Crippen LogP contribution in [0.4, 0.5) is 5.95 Å². The van der Waals surface area contributed by atoms with Gasteiger partial charge >= 0.3 is 0 Å². The van der Waals surface area contributed by atoms with Gasteiger partial charge in [-0.25, -0.2) is 17.7 Å². The van der Waals surface area contributed by atoms with Crippen LogP contribution in [0.1, 0.15) is 12.8 Å². The Kier molecular flexibility index (Phi) is 4.90. The molecule has 3 aromatic rings. The van der Waals surface area contributed by atoms with Crippen LogP contribution in [0, 0.1) is 0 Å². The number of nitrogens with zero attached hydrogens (tertiary/aromatic N) is 4. The first kappa shape index (κ1) is 18.6. The number of benzene rings is 1. The van der Waals surface area contributed by atoms with Gasteiger partial charge in [0.1, 0.15) is 5.75 Å². The molecule has 0 amide bonds. The second-order valence-electron chi connectivity index (χ2n) is 6.81. The predicted octanol–water partition coefficient (Wildman–Crippen LogP) is 1.86. The summed E-state index contributed by atoms with van der Waals surface area (Å²) in [4.78, 5) is 8.93. The van der Waals surface area contributed by atoms with Gasteiger partial charge in [0.2, 0.25) is 16.0 Å². The van der Waals surface area contributed by atoms with Crippen LogP contribution in [0.25, 0.3) is 22.3 Å². The minimum absolute atomic E-state index is 0.128. The van der Waals surface area contributed by atoms with Gasteiger partial charge in [0.15, 0.2) is 5.65 Å². The van der Waals surface area contributed by atoms with E-state index in [1.54, 1.807) is 13.3 Å². The number of anilines is 1. The minimum atomic E-state index is -3.13. The molecule has 0 spiro atoms. The fourth-order valence-corrected chi connectivity index (χ4v) is 4.32. The first-order valence-electron chi connectivity index (χ1n) is 9.02. The summed E-state index contributed by atoms with van der Waals surface area (Å²) in [6.45, 7) is 0.998. The maximum absolute atomic E-state index is 11.6. The maximum Gasteiger partial charge on any atom is 0.224 e. The van der Waals surface area contributed by atoms with Crippen LogP contribution >= 0.6 is 0 Å². The largest absolute Gasteiger partial charge is 0.496 e. The third-order valence-electron chi connectivity index (χ3n) is 4.94. The quantitative estimate of drug-likeness (QED) is 0.670. The van der Waals surface area contributed by atoms with Crippen LogP contribution in [-0.2, 0) is 10.0 Å².